The minimum atomic E-state index is 0. The van der Waals surface area contributed by atoms with Crippen molar-refractivity contribution in [1.82, 2.24) is 0 Å². The first-order valence-electron chi connectivity index (χ1n) is 18.5. The fourth-order valence-corrected chi connectivity index (χ4v) is 7.99. The standard InChI is InChI=1S/C28H23.C21H17.C2H6Si.2ClH.Zr/c1-18-14-19(2)28(20(3)15-18)23-16-22-10-7-13-26(27(22)17-23)25-12-6-9-21-8-4-5-11-24(21)25;1-14-12-20-15(2)10-11-19(21(20)13-14)18-9-5-7-16-6-3-4-8-17(16)18;1-3-2;;;/h4-17H,1-3H3;3-13H,1-2H3;1-2H3;2*1H;/q2*-1;;;;+2/p-2. The molecule has 55 heavy (non-hydrogen) atoms. The summed E-state index contributed by atoms with van der Waals surface area (Å²) < 4.78 is 0. The summed E-state index contributed by atoms with van der Waals surface area (Å²) >= 11 is 1.74. The fourth-order valence-electron chi connectivity index (χ4n) is 7.99. The number of hydrogen-bond acceptors (Lipinski definition) is 0. The molecule has 0 aliphatic heterocycles. The molecule has 0 unspecified atom stereocenters. The smallest absolute Gasteiger partial charge is 0.0112 e. The maximum absolute atomic E-state index is 2.37. The maximum atomic E-state index is 2.37. The zero-order valence-corrected chi connectivity index (χ0v) is 37.7. The molecule has 0 atom stereocenters. The van der Waals surface area contributed by atoms with E-state index in [0.717, 1.165) is 0 Å². The van der Waals surface area contributed by atoms with Gasteiger partial charge in [0.25, 0.3) is 0 Å². The van der Waals surface area contributed by atoms with Crippen LogP contribution in [0.15, 0.2) is 152 Å². The largest absolute Gasteiger partial charge is 1.00 e. The molecule has 0 fully saturated rings. The molecule has 9 aromatic carbocycles. The van der Waals surface area contributed by atoms with Gasteiger partial charge >= 0.3 is 41.9 Å². The Morgan fingerprint density at radius 1 is 0.455 bits per heavy atom. The van der Waals surface area contributed by atoms with E-state index in [1.165, 1.54) is 104 Å². The van der Waals surface area contributed by atoms with Gasteiger partial charge in [-0.15, -0.1) is 68.6 Å². The van der Waals surface area contributed by atoms with Gasteiger partial charge in [0.1, 0.15) is 0 Å². The Morgan fingerprint density at radius 2 is 0.927 bits per heavy atom. The summed E-state index contributed by atoms with van der Waals surface area (Å²) in [5, 5.41) is 10.6. The van der Waals surface area contributed by atoms with Crippen LogP contribution in [0.2, 0.25) is 13.1 Å². The van der Waals surface area contributed by atoms with Gasteiger partial charge in [0.2, 0.25) is 0 Å². The van der Waals surface area contributed by atoms with Crippen LogP contribution < -0.4 is 24.8 Å². The second-order valence-electron chi connectivity index (χ2n) is 14.7. The molecule has 0 aromatic heterocycles. The van der Waals surface area contributed by atoms with Crippen LogP contribution in [0.1, 0.15) is 27.8 Å². The monoisotopic (exact) mass is 846 g/mol. The summed E-state index contributed by atoms with van der Waals surface area (Å²) in [4.78, 5) is 0. The van der Waals surface area contributed by atoms with E-state index in [1.54, 1.807) is 23.3 Å². The summed E-state index contributed by atoms with van der Waals surface area (Å²) in [6.07, 6.45) is 0. The van der Waals surface area contributed by atoms with Gasteiger partial charge in [0, 0.05) is 0 Å². The van der Waals surface area contributed by atoms with E-state index in [0.29, 0.717) is 0 Å². The Hall–Kier alpha value is -4.04. The quantitative estimate of drug-likeness (QED) is 0.123. The van der Waals surface area contributed by atoms with Crippen molar-refractivity contribution in [2.45, 2.75) is 47.7 Å². The van der Waals surface area contributed by atoms with E-state index in [-0.39, 0.29) is 30.2 Å². The topological polar surface area (TPSA) is 0 Å². The molecule has 0 amide bonds. The van der Waals surface area contributed by atoms with Gasteiger partial charge in [-0.3, -0.25) is 0 Å². The van der Waals surface area contributed by atoms with Gasteiger partial charge in [-0.1, -0.05) is 162 Å². The van der Waals surface area contributed by atoms with Crippen LogP contribution in [0.5, 0.6) is 0 Å². The first kappa shape index (κ1) is 42.1. The van der Waals surface area contributed by atoms with Crippen molar-refractivity contribution in [3.63, 3.8) is 0 Å². The van der Waals surface area contributed by atoms with E-state index >= 15 is 0 Å². The van der Waals surface area contributed by atoms with Crippen molar-refractivity contribution in [2.75, 3.05) is 0 Å². The van der Waals surface area contributed by atoms with Crippen molar-refractivity contribution in [3.8, 4) is 33.4 Å². The number of benzene rings is 7. The average molecular weight is 849 g/mol. The van der Waals surface area contributed by atoms with Gasteiger partial charge in [0.15, 0.2) is 0 Å². The van der Waals surface area contributed by atoms with Crippen molar-refractivity contribution in [3.05, 3.63) is 179 Å². The van der Waals surface area contributed by atoms with Crippen LogP contribution in [-0.2, 0) is 23.3 Å². The molecule has 0 bridgehead atoms. The molecule has 0 spiro atoms. The third-order valence-electron chi connectivity index (χ3n) is 10.1. The second-order valence-corrected chi connectivity index (χ2v) is 24.0. The molecular weight excluding hydrogens is 803 g/mol. The van der Waals surface area contributed by atoms with Gasteiger partial charge in [-0.05, 0) is 53.4 Å². The molecule has 0 radical (unpaired) electrons. The predicted octanol–water partition coefficient (Wildman–Crippen LogP) is 8.76. The molecule has 0 nitrogen and oxygen atoms in total. The molecule has 9 aromatic rings. The summed E-state index contributed by atoms with van der Waals surface area (Å²) in [6.45, 7) is 15.6. The van der Waals surface area contributed by atoms with E-state index < -0.39 is 0 Å². The number of fused-ring (bicyclic) bond motifs is 4. The summed E-state index contributed by atoms with van der Waals surface area (Å²) in [5.41, 5.74) is 14.9. The zero-order valence-electron chi connectivity index (χ0n) is 32.7. The van der Waals surface area contributed by atoms with E-state index in [4.69, 9.17) is 0 Å². The third-order valence-corrected chi connectivity index (χ3v) is 10.1. The number of halogens is 2. The van der Waals surface area contributed by atoms with E-state index in [1.807, 2.05) is 0 Å². The Labute approximate surface area is 354 Å². The minimum absolute atomic E-state index is 0. The first-order chi connectivity index (χ1) is 25.6. The number of rotatable bonds is 3. The van der Waals surface area contributed by atoms with Crippen LogP contribution in [0.4, 0.5) is 0 Å². The zero-order chi connectivity index (χ0) is 37.2. The number of hydrogen-bond donors (Lipinski definition) is 0. The Bertz CT molecular complexity index is 2750. The summed E-state index contributed by atoms with van der Waals surface area (Å²) in [7, 11) is 0. The molecule has 0 saturated heterocycles. The van der Waals surface area contributed by atoms with Crippen molar-refractivity contribution >= 4 is 48.5 Å². The molecule has 0 saturated carbocycles. The van der Waals surface area contributed by atoms with Gasteiger partial charge in [-0.2, -0.15) is 6.07 Å². The third kappa shape index (κ3) is 9.01. The van der Waals surface area contributed by atoms with E-state index in [9.17, 15) is 0 Å². The Morgan fingerprint density at radius 3 is 1.49 bits per heavy atom. The SMILES string of the molecule is C[Si](C)=[Zr+2].Cc1cc(C)c(-c2cc3c(-c4cccc5ccccc45)cccc3[cH-]2)c(C)c1.Cc1cc2c(-c3cccc4ccccc34)ccc(C)c2[cH-]1.[Cl-].[Cl-]. The normalized spacial score (nSPS) is 10.6. The minimum Gasteiger partial charge on any atom is -1.00 e. The van der Waals surface area contributed by atoms with Gasteiger partial charge in [0.05, 0.1) is 0 Å². The van der Waals surface area contributed by atoms with Gasteiger partial charge in [-0.25, -0.2) is 0 Å². The molecular formula is C51H46Cl2SiZr-2. The van der Waals surface area contributed by atoms with Crippen LogP contribution in [0, 0.1) is 34.6 Å². The van der Waals surface area contributed by atoms with Gasteiger partial charge < -0.3 is 24.8 Å². The van der Waals surface area contributed by atoms with Crippen LogP contribution in [0.3, 0.4) is 0 Å². The fraction of sp³-hybridized carbons (Fsp3) is 0.137. The molecule has 4 heteroatoms. The van der Waals surface area contributed by atoms with Crippen LogP contribution >= 0.6 is 0 Å². The predicted molar refractivity (Wildman–Crippen MR) is 232 cm³/mol. The Kier molecular flexibility index (Phi) is 14.0. The molecule has 274 valence electrons. The molecule has 0 heterocycles. The molecule has 0 aliphatic rings. The van der Waals surface area contributed by atoms with Crippen LogP contribution in [-0.4, -0.2) is 5.43 Å². The van der Waals surface area contributed by atoms with Crippen LogP contribution in [0.25, 0.3) is 76.5 Å². The molecule has 0 aliphatic carbocycles. The van der Waals surface area contributed by atoms with E-state index in [2.05, 4.69) is 199 Å². The van der Waals surface area contributed by atoms with Crippen molar-refractivity contribution in [2.24, 2.45) is 0 Å². The number of aryl methyl sites for hydroxylation is 5. The molecule has 0 N–H and O–H groups in total. The molecule has 9 rings (SSSR count). The van der Waals surface area contributed by atoms with Crippen molar-refractivity contribution < 1.29 is 48.1 Å². The second kappa shape index (κ2) is 18.3. The Balaban J connectivity index is 0.000000192. The summed E-state index contributed by atoms with van der Waals surface area (Å²) in [5.74, 6) is 0. The van der Waals surface area contributed by atoms with Crippen molar-refractivity contribution in [1.29, 1.82) is 0 Å². The average Bonchev–Trinajstić information content (AvgIpc) is 3.75. The maximum Gasteiger partial charge on any atom is -0.0112 e. The first-order valence-corrected chi connectivity index (χ1v) is 24.7. The summed E-state index contributed by atoms with van der Waals surface area (Å²) in [6, 6.07) is 55.5.